The van der Waals surface area contributed by atoms with E-state index in [4.69, 9.17) is 0 Å². The summed E-state index contributed by atoms with van der Waals surface area (Å²) in [5.41, 5.74) is -5.46. The first-order valence-electron chi connectivity index (χ1n) is 4.16. The molecule has 17 heavy (non-hydrogen) atoms. The molecule has 4 nitrogen and oxygen atoms in total. The summed E-state index contributed by atoms with van der Waals surface area (Å²) in [5.74, 6) is -0.553. The molecule has 0 saturated carbocycles. The number of nitrogens with zero attached hydrogens (tertiary/aromatic N) is 1. The zero-order chi connectivity index (χ0) is 12.7. The quantitative estimate of drug-likeness (QED) is 0.627. The Morgan fingerprint density at radius 2 is 1.88 bits per heavy atom. The molecule has 92 valence electrons. The van der Waals surface area contributed by atoms with E-state index in [9.17, 15) is 21.6 Å². The van der Waals surface area contributed by atoms with Gasteiger partial charge in [0.15, 0.2) is 0 Å². The molecule has 0 bridgehead atoms. The van der Waals surface area contributed by atoms with Crippen LogP contribution in [0, 0.1) is 0 Å². The molecule has 2 rings (SSSR count). The molecule has 0 atom stereocenters. The Bertz CT molecular complexity index is 647. The van der Waals surface area contributed by atoms with E-state index in [1.54, 1.807) is 18.2 Å². The number of hydrogen-bond donors (Lipinski definition) is 0. The third-order valence-corrected chi connectivity index (χ3v) is 3.57. The second-order valence-electron chi connectivity index (χ2n) is 2.97. The molecule has 0 amide bonds. The SMILES string of the molecule is O=S(=O)(Oc1nsc2ccccc12)C(F)(F)F. The van der Waals surface area contributed by atoms with Gasteiger partial charge in [-0.15, -0.1) is 0 Å². The molecular formula is C8H4F3NO3S2. The van der Waals surface area contributed by atoms with Gasteiger partial charge in [0.05, 0.1) is 10.1 Å². The first-order chi connectivity index (χ1) is 7.81. The fraction of sp³-hybridized carbons (Fsp3) is 0.125. The van der Waals surface area contributed by atoms with Crippen molar-refractivity contribution in [2.75, 3.05) is 0 Å². The van der Waals surface area contributed by atoms with Crippen LogP contribution in [0.5, 0.6) is 5.88 Å². The van der Waals surface area contributed by atoms with E-state index in [-0.39, 0.29) is 5.39 Å². The minimum atomic E-state index is -5.67. The minimum Gasteiger partial charge on any atom is -0.354 e. The van der Waals surface area contributed by atoms with Crippen molar-refractivity contribution in [1.82, 2.24) is 4.37 Å². The first kappa shape index (κ1) is 12.1. The van der Waals surface area contributed by atoms with Gasteiger partial charge in [-0.2, -0.15) is 26.0 Å². The van der Waals surface area contributed by atoms with E-state index in [2.05, 4.69) is 8.56 Å². The zero-order valence-corrected chi connectivity index (χ0v) is 9.56. The lowest BCUT2D eigenvalue weighted by atomic mass is 10.3. The predicted octanol–water partition coefficient (Wildman–Crippen LogP) is 2.52. The lowest BCUT2D eigenvalue weighted by molar-refractivity contribution is -0.0500. The van der Waals surface area contributed by atoms with E-state index in [0.717, 1.165) is 11.5 Å². The molecule has 0 aliphatic carbocycles. The van der Waals surface area contributed by atoms with Crippen LogP contribution in [-0.4, -0.2) is 18.3 Å². The molecule has 0 fully saturated rings. The normalized spacial score (nSPS) is 12.9. The molecule has 0 spiro atoms. The Labute approximate surface area is 97.9 Å². The average Bonchev–Trinajstić information content (AvgIpc) is 2.60. The molecule has 0 N–H and O–H groups in total. The number of hydrogen-bond acceptors (Lipinski definition) is 5. The molecule has 1 aromatic heterocycles. The van der Waals surface area contributed by atoms with E-state index >= 15 is 0 Å². The number of fused-ring (bicyclic) bond motifs is 1. The monoisotopic (exact) mass is 283 g/mol. The van der Waals surface area contributed by atoms with Crippen LogP contribution in [0.15, 0.2) is 24.3 Å². The summed E-state index contributed by atoms with van der Waals surface area (Å²) in [7, 11) is -5.67. The summed E-state index contributed by atoms with van der Waals surface area (Å²) in [6.07, 6.45) is 0. The van der Waals surface area contributed by atoms with Gasteiger partial charge >= 0.3 is 15.6 Å². The maximum Gasteiger partial charge on any atom is 0.534 e. The molecule has 1 heterocycles. The summed E-state index contributed by atoms with van der Waals surface area (Å²) in [4.78, 5) is 0. The van der Waals surface area contributed by atoms with Crippen molar-refractivity contribution < 1.29 is 25.8 Å². The fourth-order valence-corrected chi connectivity index (χ4v) is 2.26. The van der Waals surface area contributed by atoms with Crippen LogP contribution in [0.25, 0.3) is 10.1 Å². The van der Waals surface area contributed by atoms with Crippen LogP contribution in [0.4, 0.5) is 13.2 Å². The fourth-order valence-electron chi connectivity index (χ4n) is 1.07. The van der Waals surface area contributed by atoms with Gasteiger partial charge in [0.2, 0.25) is 0 Å². The number of aromatic nitrogens is 1. The smallest absolute Gasteiger partial charge is 0.354 e. The summed E-state index contributed by atoms with van der Waals surface area (Å²) in [6.45, 7) is 0. The van der Waals surface area contributed by atoms with Crippen molar-refractivity contribution in [1.29, 1.82) is 0 Å². The van der Waals surface area contributed by atoms with Crippen LogP contribution < -0.4 is 4.18 Å². The van der Waals surface area contributed by atoms with Crippen LogP contribution >= 0.6 is 11.5 Å². The number of halogens is 3. The van der Waals surface area contributed by atoms with Gasteiger partial charge in [-0.3, -0.25) is 0 Å². The molecule has 0 aliphatic heterocycles. The highest BCUT2D eigenvalue weighted by Gasteiger charge is 2.49. The number of alkyl halides is 3. The van der Waals surface area contributed by atoms with Crippen molar-refractivity contribution in [3.63, 3.8) is 0 Å². The van der Waals surface area contributed by atoms with Crippen LogP contribution in [-0.2, 0) is 10.1 Å². The first-order valence-corrected chi connectivity index (χ1v) is 6.34. The van der Waals surface area contributed by atoms with Gasteiger partial charge in [0, 0.05) is 0 Å². The highest BCUT2D eigenvalue weighted by molar-refractivity contribution is 7.88. The molecular weight excluding hydrogens is 279 g/mol. The lowest BCUT2D eigenvalue weighted by Gasteiger charge is -2.07. The van der Waals surface area contributed by atoms with Crippen LogP contribution in [0.1, 0.15) is 0 Å². The van der Waals surface area contributed by atoms with Crippen LogP contribution in [0.2, 0.25) is 0 Å². The van der Waals surface area contributed by atoms with Crippen molar-refractivity contribution in [3.8, 4) is 5.88 Å². The van der Waals surface area contributed by atoms with E-state index in [1.807, 2.05) is 0 Å². The zero-order valence-electron chi connectivity index (χ0n) is 7.93. The van der Waals surface area contributed by atoms with Gasteiger partial charge in [0.25, 0.3) is 5.88 Å². The Morgan fingerprint density at radius 1 is 1.24 bits per heavy atom. The van der Waals surface area contributed by atoms with Crippen molar-refractivity contribution in [2.45, 2.75) is 5.51 Å². The third-order valence-electron chi connectivity index (χ3n) is 1.82. The minimum absolute atomic E-state index is 0.227. The molecule has 1 aromatic carbocycles. The van der Waals surface area contributed by atoms with Gasteiger partial charge in [-0.05, 0) is 23.7 Å². The third kappa shape index (κ3) is 2.20. The Kier molecular flexibility index (Phi) is 2.74. The Balaban J connectivity index is 2.44. The predicted molar refractivity (Wildman–Crippen MR) is 55.2 cm³/mol. The molecule has 0 aliphatic rings. The van der Waals surface area contributed by atoms with Gasteiger partial charge in [0.1, 0.15) is 0 Å². The Hall–Kier alpha value is -1.35. The maximum atomic E-state index is 12.1. The largest absolute Gasteiger partial charge is 0.534 e. The molecule has 0 unspecified atom stereocenters. The second-order valence-corrected chi connectivity index (χ2v) is 5.31. The summed E-state index contributed by atoms with van der Waals surface area (Å²) in [5, 5.41) is 0.227. The van der Waals surface area contributed by atoms with Gasteiger partial charge < -0.3 is 4.18 Å². The van der Waals surface area contributed by atoms with Gasteiger partial charge in [-0.1, -0.05) is 12.1 Å². The molecule has 0 radical (unpaired) electrons. The number of benzene rings is 1. The molecule has 0 saturated heterocycles. The highest BCUT2D eigenvalue weighted by Crippen LogP contribution is 2.32. The topological polar surface area (TPSA) is 56.3 Å². The summed E-state index contributed by atoms with van der Waals surface area (Å²) in [6, 6.07) is 6.23. The number of rotatable bonds is 2. The van der Waals surface area contributed by atoms with Crippen molar-refractivity contribution >= 4 is 31.7 Å². The molecule has 9 heteroatoms. The summed E-state index contributed by atoms with van der Waals surface area (Å²) < 4.78 is 65.9. The van der Waals surface area contributed by atoms with E-state index in [1.165, 1.54) is 6.07 Å². The highest BCUT2D eigenvalue weighted by atomic mass is 32.2. The van der Waals surface area contributed by atoms with Crippen molar-refractivity contribution in [3.05, 3.63) is 24.3 Å². The standard InChI is InChI=1S/C8H4F3NO3S2/c9-8(10,11)17(13,14)15-7-5-3-1-2-4-6(5)16-12-7/h1-4H. The van der Waals surface area contributed by atoms with Gasteiger partial charge in [-0.25, -0.2) is 0 Å². The van der Waals surface area contributed by atoms with Crippen molar-refractivity contribution in [2.24, 2.45) is 0 Å². The lowest BCUT2D eigenvalue weighted by Crippen LogP contribution is -2.28. The second kappa shape index (κ2) is 3.84. The molecule has 2 aromatic rings. The van der Waals surface area contributed by atoms with E-state index in [0.29, 0.717) is 4.70 Å². The van der Waals surface area contributed by atoms with Crippen LogP contribution in [0.3, 0.4) is 0 Å². The van der Waals surface area contributed by atoms with E-state index < -0.39 is 21.5 Å². The summed E-state index contributed by atoms with van der Waals surface area (Å²) >= 11 is 0.858. The maximum absolute atomic E-state index is 12.1. The average molecular weight is 283 g/mol. The Morgan fingerprint density at radius 3 is 2.53 bits per heavy atom.